The van der Waals surface area contributed by atoms with Gasteiger partial charge >= 0.3 is 0 Å². The first-order valence-corrected chi connectivity index (χ1v) is 8.90. The van der Waals surface area contributed by atoms with Gasteiger partial charge in [-0.15, -0.1) is 0 Å². The second-order valence-electron chi connectivity index (χ2n) is 7.14. The van der Waals surface area contributed by atoms with Crippen LogP contribution in [0.25, 0.3) is 43.1 Å². The Hall–Kier alpha value is -2.94. The van der Waals surface area contributed by atoms with E-state index in [1.54, 1.807) is 0 Å². The van der Waals surface area contributed by atoms with Gasteiger partial charge in [-0.25, -0.2) is 0 Å². The van der Waals surface area contributed by atoms with Crippen LogP contribution in [0.3, 0.4) is 0 Å². The molecular formula is C24H16O2. The summed E-state index contributed by atoms with van der Waals surface area (Å²) in [6.07, 6.45) is -1.82. The first-order chi connectivity index (χ1) is 12.8. The van der Waals surface area contributed by atoms with Crippen LogP contribution >= 0.6 is 0 Å². The van der Waals surface area contributed by atoms with Crippen molar-refractivity contribution in [3.63, 3.8) is 0 Å². The van der Waals surface area contributed by atoms with Crippen molar-refractivity contribution in [2.45, 2.75) is 12.2 Å². The molecule has 0 saturated carbocycles. The largest absolute Gasteiger partial charge is 0.385 e. The van der Waals surface area contributed by atoms with Gasteiger partial charge in [0.2, 0.25) is 0 Å². The molecule has 2 nitrogen and oxygen atoms in total. The summed E-state index contributed by atoms with van der Waals surface area (Å²) < 4.78 is 0. The molecule has 0 saturated heterocycles. The van der Waals surface area contributed by atoms with Gasteiger partial charge in [0.1, 0.15) is 12.2 Å². The maximum Gasteiger partial charge on any atom is 0.110 e. The lowest BCUT2D eigenvalue weighted by molar-refractivity contribution is 0.0179. The Balaban J connectivity index is 2.09. The van der Waals surface area contributed by atoms with E-state index >= 15 is 0 Å². The highest BCUT2D eigenvalue weighted by Gasteiger charge is 2.31. The third-order valence-electron chi connectivity index (χ3n) is 5.85. The normalized spacial score (nSPS) is 19.2. The number of fused-ring (bicyclic) bond motifs is 5. The summed E-state index contributed by atoms with van der Waals surface area (Å²) >= 11 is 0. The van der Waals surface area contributed by atoms with Crippen LogP contribution in [0.15, 0.2) is 72.8 Å². The summed E-state index contributed by atoms with van der Waals surface area (Å²) in [5, 5.41) is 30.7. The first-order valence-electron chi connectivity index (χ1n) is 8.90. The van der Waals surface area contributed by atoms with E-state index < -0.39 is 12.2 Å². The highest BCUT2D eigenvalue weighted by atomic mass is 16.3. The molecule has 2 heteroatoms. The van der Waals surface area contributed by atoms with Crippen molar-refractivity contribution in [1.29, 1.82) is 0 Å². The van der Waals surface area contributed by atoms with Crippen molar-refractivity contribution in [2.75, 3.05) is 0 Å². The number of aliphatic hydroxyl groups excluding tert-OH is 2. The van der Waals surface area contributed by atoms with Gasteiger partial charge in [-0.05, 0) is 60.3 Å². The minimum Gasteiger partial charge on any atom is -0.385 e. The van der Waals surface area contributed by atoms with Crippen molar-refractivity contribution >= 4 is 43.1 Å². The fourth-order valence-electron chi connectivity index (χ4n) is 4.75. The summed E-state index contributed by atoms with van der Waals surface area (Å²) in [6, 6.07) is 24.8. The van der Waals surface area contributed by atoms with Crippen LogP contribution in [0, 0.1) is 0 Å². The fourth-order valence-corrected chi connectivity index (χ4v) is 4.75. The third-order valence-corrected chi connectivity index (χ3v) is 5.85. The standard InChI is InChI=1S/C24H16O2/c25-23-18-11-5-10-17-15-8-3-4-9-16(15)20-14-7-2-1-6-13(14)12-19(24(23)26)22(20)21(17)18/h1-12,23-26H/t23-,24-/m1/s1. The van der Waals surface area contributed by atoms with E-state index in [0.717, 1.165) is 32.7 Å². The lowest BCUT2D eigenvalue weighted by Gasteiger charge is -2.29. The van der Waals surface area contributed by atoms with E-state index in [-0.39, 0.29) is 0 Å². The van der Waals surface area contributed by atoms with Crippen LogP contribution in [-0.2, 0) is 0 Å². The van der Waals surface area contributed by atoms with E-state index in [1.165, 1.54) is 21.5 Å². The second-order valence-corrected chi connectivity index (χ2v) is 7.14. The molecule has 0 bridgehead atoms. The number of benzene rings is 5. The number of hydrogen-bond donors (Lipinski definition) is 2. The minimum atomic E-state index is -0.915. The molecule has 0 radical (unpaired) electrons. The molecule has 5 aromatic rings. The summed E-state index contributed by atoms with van der Waals surface area (Å²) in [5.41, 5.74) is 1.63. The van der Waals surface area contributed by atoms with Crippen LogP contribution in [-0.4, -0.2) is 10.2 Å². The zero-order chi connectivity index (χ0) is 17.4. The van der Waals surface area contributed by atoms with Crippen molar-refractivity contribution < 1.29 is 10.2 Å². The van der Waals surface area contributed by atoms with Gasteiger partial charge in [0.05, 0.1) is 0 Å². The molecule has 0 spiro atoms. The topological polar surface area (TPSA) is 40.5 Å². The van der Waals surface area contributed by atoms with Crippen LogP contribution in [0.1, 0.15) is 23.3 Å². The monoisotopic (exact) mass is 336 g/mol. The summed E-state index contributed by atoms with van der Waals surface area (Å²) in [7, 11) is 0. The SMILES string of the molecule is O[C@@H]1c2cccc3c4ccccc4c4c5ccccc5cc(c4c23)[C@H]1O. The molecule has 0 aliphatic heterocycles. The van der Waals surface area contributed by atoms with Gasteiger partial charge < -0.3 is 10.2 Å². The Morgan fingerprint density at radius 3 is 1.96 bits per heavy atom. The van der Waals surface area contributed by atoms with Gasteiger partial charge in [0, 0.05) is 0 Å². The van der Waals surface area contributed by atoms with Gasteiger partial charge in [-0.3, -0.25) is 0 Å². The molecule has 0 amide bonds. The van der Waals surface area contributed by atoms with Crippen LogP contribution in [0.4, 0.5) is 0 Å². The average Bonchev–Trinajstić information content (AvgIpc) is 2.70. The summed E-state index contributed by atoms with van der Waals surface area (Å²) in [4.78, 5) is 0. The van der Waals surface area contributed by atoms with Crippen molar-refractivity contribution in [3.8, 4) is 0 Å². The molecule has 0 aromatic heterocycles. The molecule has 0 fully saturated rings. The summed E-state index contributed by atoms with van der Waals surface area (Å²) in [6.45, 7) is 0. The maximum atomic E-state index is 10.9. The Kier molecular flexibility index (Phi) is 2.64. The Bertz CT molecular complexity index is 1360. The predicted molar refractivity (Wildman–Crippen MR) is 106 cm³/mol. The lowest BCUT2D eigenvalue weighted by atomic mass is 9.79. The molecule has 0 heterocycles. The Labute approximate surface area is 149 Å². The molecule has 26 heavy (non-hydrogen) atoms. The second kappa shape index (κ2) is 4.82. The van der Waals surface area contributed by atoms with E-state index in [4.69, 9.17) is 0 Å². The van der Waals surface area contributed by atoms with Gasteiger partial charge in [-0.1, -0.05) is 66.7 Å². The zero-order valence-electron chi connectivity index (χ0n) is 14.0. The van der Waals surface area contributed by atoms with E-state index in [9.17, 15) is 10.2 Å². The number of rotatable bonds is 0. The average molecular weight is 336 g/mol. The van der Waals surface area contributed by atoms with E-state index in [2.05, 4.69) is 48.5 Å². The Morgan fingerprint density at radius 2 is 1.12 bits per heavy atom. The Morgan fingerprint density at radius 1 is 0.500 bits per heavy atom. The van der Waals surface area contributed by atoms with Crippen molar-refractivity contribution in [1.82, 2.24) is 0 Å². The van der Waals surface area contributed by atoms with Crippen LogP contribution in [0.5, 0.6) is 0 Å². The quantitative estimate of drug-likeness (QED) is 0.373. The van der Waals surface area contributed by atoms with E-state index in [0.29, 0.717) is 0 Å². The number of hydrogen-bond acceptors (Lipinski definition) is 2. The molecule has 0 unspecified atom stereocenters. The molecule has 2 atom stereocenters. The molecule has 2 N–H and O–H groups in total. The van der Waals surface area contributed by atoms with Gasteiger partial charge in [-0.2, -0.15) is 0 Å². The third kappa shape index (κ3) is 1.59. The predicted octanol–water partition coefficient (Wildman–Crippen LogP) is 5.38. The fraction of sp³-hybridized carbons (Fsp3) is 0.0833. The molecule has 1 aliphatic rings. The highest BCUT2D eigenvalue weighted by molar-refractivity contribution is 6.33. The molecule has 124 valence electrons. The van der Waals surface area contributed by atoms with Crippen LogP contribution < -0.4 is 0 Å². The molecule has 6 rings (SSSR count). The lowest BCUT2D eigenvalue weighted by Crippen LogP contribution is -2.15. The maximum absolute atomic E-state index is 10.9. The zero-order valence-corrected chi connectivity index (χ0v) is 14.0. The first kappa shape index (κ1) is 14.3. The van der Waals surface area contributed by atoms with Crippen molar-refractivity contribution in [2.24, 2.45) is 0 Å². The van der Waals surface area contributed by atoms with E-state index in [1.807, 2.05) is 24.3 Å². The van der Waals surface area contributed by atoms with Gasteiger partial charge in [0.25, 0.3) is 0 Å². The summed E-state index contributed by atoms with van der Waals surface area (Å²) in [5.74, 6) is 0. The smallest absolute Gasteiger partial charge is 0.110 e. The number of aliphatic hydroxyl groups is 2. The van der Waals surface area contributed by atoms with Crippen LogP contribution in [0.2, 0.25) is 0 Å². The highest BCUT2D eigenvalue weighted by Crippen LogP contribution is 2.49. The minimum absolute atomic E-state index is 0.813. The van der Waals surface area contributed by atoms with Crippen molar-refractivity contribution in [3.05, 3.63) is 83.9 Å². The van der Waals surface area contributed by atoms with Gasteiger partial charge in [0.15, 0.2) is 0 Å². The molecule has 5 aromatic carbocycles. The molecule has 1 aliphatic carbocycles. The molecular weight excluding hydrogens is 320 g/mol.